The lowest BCUT2D eigenvalue weighted by atomic mass is 10.0. The van der Waals surface area contributed by atoms with Crippen LogP contribution in [0.3, 0.4) is 0 Å². The first-order valence-electron chi connectivity index (χ1n) is 9.11. The van der Waals surface area contributed by atoms with Gasteiger partial charge in [-0.15, -0.1) is 0 Å². The van der Waals surface area contributed by atoms with Crippen molar-refractivity contribution in [1.29, 1.82) is 5.26 Å². The molecule has 0 fully saturated rings. The van der Waals surface area contributed by atoms with E-state index in [9.17, 15) is 10.1 Å². The van der Waals surface area contributed by atoms with Gasteiger partial charge < -0.3 is 10.2 Å². The van der Waals surface area contributed by atoms with Crippen LogP contribution in [0.25, 0.3) is 0 Å². The van der Waals surface area contributed by atoms with E-state index in [0.717, 1.165) is 36.1 Å². The summed E-state index contributed by atoms with van der Waals surface area (Å²) < 4.78 is 0. The molecule has 7 heteroatoms. The molecule has 2 aliphatic rings. The molecule has 0 radical (unpaired) electrons. The van der Waals surface area contributed by atoms with Gasteiger partial charge >= 0.3 is 0 Å². The molecule has 0 saturated carbocycles. The summed E-state index contributed by atoms with van der Waals surface area (Å²) in [6.45, 7) is 4.71. The van der Waals surface area contributed by atoms with Crippen LogP contribution in [0.15, 0.2) is 18.3 Å². The largest absolute Gasteiger partial charge is 0.351 e. The highest BCUT2D eigenvalue weighted by molar-refractivity contribution is 6.30. The Morgan fingerprint density at radius 3 is 2.93 bits per heavy atom. The third-order valence-corrected chi connectivity index (χ3v) is 5.47. The van der Waals surface area contributed by atoms with Crippen LogP contribution in [0.4, 0.5) is 5.95 Å². The molecule has 0 bridgehead atoms. The van der Waals surface area contributed by atoms with E-state index in [4.69, 9.17) is 11.6 Å². The van der Waals surface area contributed by atoms with E-state index >= 15 is 0 Å². The van der Waals surface area contributed by atoms with Crippen molar-refractivity contribution >= 4 is 23.5 Å². The zero-order valence-corrected chi connectivity index (χ0v) is 16.0. The first-order valence-corrected chi connectivity index (χ1v) is 9.49. The van der Waals surface area contributed by atoms with E-state index in [1.54, 1.807) is 12.3 Å². The highest BCUT2D eigenvalue weighted by Crippen LogP contribution is 2.30. The van der Waals surface area contributed by atoms with Crippen molar-refractivity contribution in [2.75, 3.05) is 11.9 Å². The van der Waals surface area contributed by atoms with E-state index in [0.29, 0.717) is 28.6 Å². The van der Waals surface area contributed by atoms with Crippen molar-refractivity contribution < 1.29 is 4.79 Å². The summed E-state index contributed by atoms with van der Waals surface area (Å²) >= 11 is 6.11. The fraction of sp³-hybridized carbons (Fsp3) is 0.400. The van der Waals surface area contributed by atoms with Crippen LogP contribution >= 0.6 is 11.6 Å². The molecule has 1 aliphatic carbocycles. The van der Waals surface area contributed by atoms with Gasteiger partial charge in [-0.3, -0.25) is 4.79 Å². The van der Waals surface area contributed by atoms with Gasteiger partial charge in [0.15, 0.2) is 0 Å². The maximum absolute atomic E-state index is 12.5. The molecule has 1 aromatic heterocycles. The standard InChI is InChI=1S/C20H20ClN5O/c1-11(2)26-4-3-18-17(19(26)27)10-23-20(25-18)24-15-7-12-5-14(21)6-13(9-22)16(12)8-15/h5-6,10-11,15H,3-4,7-8H2,1-2H3,(H,23,24,25)/t15-/m0/s1. The van der Waals surface area contributed by atoms with Crippen LogP contribution in [0.1, 0.15) is 46.6 Å². The Morgan fingerprint density at radius 1 is 1.37 bits per heavy atom. The second-order valence-electron chi connectivity index (χ2n) is 7.35. The highest BCUT2D eigenvalue weighted by atomic mass is 35.5. The first kappa shape index (κ1) is 17.7. The van der Waals surface area contributed by atoms with Crippen LogP contribution < -0.4 is 5.32 Å². The summed E-state index contributed by atoms with van der Waals surface area (Å²) in [5.74, 6) is 0.529. The molecule has 1 N–H and O–H groups in total. The summed E-state index contributed by atoms with van der Waals surface area (Å²) in [5.41, 5.74) is 4.16. The number of carbonyl (C=O) groups is 1. The van der Waals surface area contributed by atoms with Gasteiger partial charge in [-0.05, 0) is 49.9 Å². The van der Waals surface area contributed by atoms with Crippen molar-refractivity contribution in [1.82, 2.24) is 14.9 Å². The lowest BCUT2D eigenvalue weighted by molar-refractivity contribution is 0.0686. The number of nitrogens with zero attached hydrogens (tertiary/aromatic N) is 4. The number of nitriles is 1. The molecule has 2 heterocycles. The quantitative estimate of drug-likeness (QED) is 0.883. The number of hydrogen-bond acceptors (Lipinski definition) is 5. The third-order valence-electron chi connectivity index (χ3n) is 5.25. The summed E-state index contributed by atoms with van der Waals surface area (Å²) in [4.78, 5) is 23.3. The first-order chi connectivity index (χ1) is 13.0. The normalized spacial score (nSPS) is 18.3. The maximum atomic E-state index is 12.5. The molecule has 1 aliphatic heterocycles. The van der Waals surface area contributed by atoms with Gasteiger partial charge in [0.25, 0.3) is 5.91 Å². The predicted octanol–water partition coefficient (Wildman–Crippen LogP) is 2.99. The molecule has 1 aromatic carbocycles. The average molecular weight is 382 g/mol. The number of carbonyl (C=O) groups excluding carboxylic acids is 1. The summed E-state index contributed by atoms with van der Waals surface area (Å²) in [6, 6.07) is 6.14. The topological polar surface area (TPSA) is 81.9 Å². The maximum Gasteiger partial charge on any atom is 0.257 e. The van der Waals surface area contributed by atoms with Gasteiger partial charge in [0.05, 0.1) is 22.9 Å². The molecule has 4 rings (SSSR count). The van der Waals surface area contributed by atoms with E-state index < -0.39 is 0 Å². The summed E-state index contributed by atoms with van der Waals surface area (Å²) in [6.07, 6.45) is 3.86. The SMILES string of the molecule is CC(C)N1CCc2nc(N[C@H]3Cc4cc(Cl)cc(C#N)c4C3)ncc2C1=O. The fourth-order valence-electron chi connectivity index (χ4n) is 3.92. The lowest BCUT2D eigenvalue weighted by Crippen LogP contribution is -2.42. The summed E-state index contributed by atoms with van der Waals surface area (Å²) in [5, 5.41) is 13.3. The Morgan fingerprint density at radius 2 is 2.19 bits per heavy atom. The molecule has 27 heavy (non-hydrogen) atoms. The van der Waals surface area contributed by atoms with Gasteiger partial charge in [-0.25, -0.2) is 9.97 Å². The Labute approximate surface area is 163 Å². The van der Waals surface area contributed by atoms with Gasteiger partial charge in [0.2, 0.25) is 5.95 Å². The van der Waals surface area contributed by atoms with Crippen LogP contribution in [0, 0.1) is 11.3 Å². The number of hydrogen-bond donors (Lipinski definition) is 1. The van der Waals surface area contributed by atoms with E-state index in [2.05, 4.69) is 21.4 Å². The number of benzene rings is 1. The lowest BCUT2D eigenvalue weighted by Gasteiger charge is -2.31. The number of halogens is 1. The zero-order chi connectivity index (χ0) is 19.1. The minimum Gasteiger partial charge on any atom is -0.351 e. The molecule has 1 amide bonds. The number of fused-ring (bicyclic) bond motifs is 2. The Balaban J connectivity index is 1.52. The van der Waals surface area contributed by atoms with Gasteiger partial charge in [-0.1, -0.05) is 11.6 Å². The van der Waals surface area contributed by atoms with Crippen molar-refractivity contribution in [3.05, 3.63) is 51.3 Å². The molecule has 0 saturated heterocycles. The molecular weight excluding hydrogens is 362 g/mol. The molecule has 138 valence electrons. The second kappa shape index (κ2) is 6.82. The molecule has 6 nitrogen and oxygen atoms in total. The number of amides is 1. The van der Waals surface area contributed by atoms with Crippen LogP contribution in [0.5, 0.6) is 0 Å². The average Bonchev–Trinajstić information content (AvgIpc) is 3.02. The van der Waals surface area contributed by atoms with E-state index in [-0.39, 0.29) is 18.0 Å². The van der Waals surface area contributed by atoms with Crippen molar-refractivity contribution in [2.45, 2.75) is 45.2 Å². The summed E-state index contributed by atoms with van der Waals surface area (Å²) in [7, 11) is 0. The monoisotopic (exact) mass is 381 g/mol. The van der Waals surface area contributed by atoms with Crippen molar-refractivity contribution in [3.63, 3.8) is 0 Å². The van der Waals surface area contributed by atoms with Gasteiger partial charge in [0, 0.05) is 36.3 Å². The van der Waals surface area contributed by atoms with Gasteiger partial charge in [-0.2, -0.15) is 5.26 Å². The third kappa shape index (κ3) is 3.24. The number of anilines is 1. The number of rotatable bonds is 3. The van der Waals surface area contributed by atoms with Crippen LogP contribution in [-0.2, 0) is 19.3 Å². The van der Waals surface area contributed by atoms with Crippen LogP contribution in [-0.4, -0.2) is 39.4 Å². The Bertz CT molecular complexity index is 966. The molecule has 0 spiro atoms. The fourth-order valence-corrected chi connectivity index (χ4v) is 4.16. The Hall–Kier alpha value is -2.65. The smallest absolute Gasteiger partial charge is 0.257 e. The molecule has 2 aromatic rings. The molecule has 1 atom stereocenters. The van der Waals surface area contributed by atoms with E-state index in [1.807, 2.05) is 24.8 Å². The Kier molecular flexibility index (Phi) is 4.48. The zero-order valence-electron chi connectivity index (χ0n) is 15.3. The minimum atomic E-state index is -0.000578. The predicted molar refractivity (Wildman–Crippen MR) is 103 cm³/mol. The molecular formula is C20H20ClN5O. The van der Waals surface area contributed by atoms with E-state index in [1.165, 1.54) is 0 Å². The number of aromatic nitrogens is 2. The highest BCUT2D eigenvalue weighted by Gasteiger charge is 2.29. The van der Waals surface area contributed by atoms with Crippen LogP contribution in [0.2, 0.25) is 5.02 Å². The number of nitrogens with one attached hydrogen (secondary N) is 1. The van der Waals surface area contributed by atoms with Crippen molar-refractivity contribution in [3.8, 4) is 6.07 Å². The van der Waals surface area contributed by atoms with Gasteiger partial charge in [0.1, 0.15) is 0 Å². The van der Waals surface area contributed by atoms with Crippen molar-refractivity contribution in [2.24, 2.45) is 0 Å². The second-order valence-corrected chi connectivity index (χ2v) is 7.79. The minimum absolute atomic E-state index is 0.000578. The molecule has 0 unspecified atom stereocenters.